The molecule has 1 heterocycles. The molecule has 0 aliphatic rings. The highest BCUT2D eigenvalue weighted by Crippen LogP contribution is 2.19. The SMILES string of the molecule is Nc1[nH]cc(I)c(=O)c1C(F)F. The van der Waals surface area contributed by atoms with Crippen molar-refractivity contribution in [1.29, 1.82) is 0 Å². The number of alkyl halides is 2. The first-order valence-electron chi connectivity index (χ1n) is 2.98. The number of nitrogens with one attached hydrogen (secondary N) is 1. The lowest BCUT2D eigenvalue weighted by molar-refractivity contribution is 0.150. The average Bonchev–Trinajstić information content (AvgIpc) is 1.97. The van der Waals surface area contributed by atoms with Crippen LogP contribution in [0.4, 0.5) is 14.6 Å². The summed E-state index contributed by atoms with van der Waals surface area (Å²) in [5, 5.41) is 0. The number of hydrogen-bond donors (Lipinski definition) is 2. The Morgan fingerprint density at radius 3 is 2.58 bits per heavy atom. The largest absolute Gasteiger partial charge is 0.385 e. The third-order valence-corrected chi connectivity index (χ3v) is 2.13. The van der Waals surface area contributed by atoms with Crippen molar-refractivity contribution in [3.05, 3.63) is 25.6 Å². The van der Waals surface area contributed by atoms with E-state index in [-0.39, 0.29) is 9.39 Å². The topological polar surface area (TPSA) is 58.9 Å². The lowest BCUT2D eigenvalue weighted by Crippen LogP contribution is -2.16. The molecule has 6 heteroatoms. The Morgan fingerprint density at radius 2 is 2.17 bits per heavy atom. The van der Waals surface area contributed by atoms with Gasteiger partial charge in [-0.2, -0.15) is 0 Å². The molecule has 0 aliphatic heterocycles. The Kier molecular flexibility index (Phi) is 2.65. The summed E-state index contributed by atoms with van der Waals surface area (Å²) in [4.78, 5) is 13.4. The molecule has 1 rings (SSSR count). The fraction of sp³-hybridized carbons (Fsp3) is 0.167. The normalized spacial score (nSPS) is 10.7. The van der Waals surface area contributed by atoms with Gasteiger partial charge in [-0.25, -0.2) is 8.78 Å². The summed E-state index contributed by atoms with van der Waals surface area (Å²) in [5.41, 5.74) is 3.79. The standard InChI is InChI=1S/C6H5F2IN2O/c7-5(8)3-4(12)2(9)1-11-6(3)10/h1,5H,(H3,10,11,12). The number of hydrogen-bond acceptors (Lipinski definition) is 2. The number of halogens is 3. The van der Waals surface area contributed by atoms with E-state index >= 15 is 0 Å². The summed E-state index contributed by atoms with van der Waals surface area (Å²) < 4.78 is 24.5. The van der Waals surface area contributed by atoms with Crippen LogP contribution >= 0.6 is 22.6 Å². The minimum atomic E-state index is -2.83. The summed E-state index contributed by atoms with van der Waals surface area (Å²) in [6.07, 6.45) is -1.53. The number of anilines is 1. The number of aromatic amines is 1. The van der Waals surface area contributed by atoms with Crippen molar-refractivity contribution in [1.82, 2.24) is 4.98 Å². The quantitative estimate of drug-likeness (QED) is 0.769. The zero-order valence-electron chi connectivity index (χ0n) is 5.77. The molecule has 0 aliphatic carbocycles. The summed E-state index contributed by atoms with van der Waals surface area (Å²) in [6.45, 7) is 0. The predicted octanol–water partition coefficient (Wildman–Crippen LogP) is 1.50. The van der Waals surface area contributed by atoms with Gasteiger partial charge in [-0.05, 0) is 22.6 Å². The van der Waals surface area contributed by atoms with Crippen LogP contribution in [-0.4, -0.2) is 4.98 Å². The van der Waals surface area contributed by atoms with Crippen molar-refractivity contribution < 1.29 is 8.78 Å². The Hall–Kier alpha value is -0.660. The van der Waals surface area contributed by atoms with E-state index in [9.17, 15) is 13.6 Å². The molecule has 0 bridgehead atoms. The van der Waals surface area contributed by atoms with E-state index in [1.54, 1.807) is 22.6 Å². The molecule has 0 atom stereocenters. The second-order valence-corrected chi connectivity index (χ2v) is 3.26. The van der Waals surface area contributed by atoms with E-state index in [2.05, 4.69) is 4.98 Å². The van der Waals surface area contributed by atoms with Crippen molar-refractivity contribution in [2.24, 2.45) is 0 Å². The van der Waals surface area contributed by atoms with Gasteiger partial charge >= 0.3 is 0 Å². The third kappa shape index (κ3) is 1.57. The van der Waals surface area contributed by atoms with Crippen LogP contribution in [0, 0.1) is 3.57 Å². The van der Waals surface area contributed by atoms with E-state index in [4.69, 9.17) is 5.73 Å². The summed E-state index contributed by atoms with van der Waals surface area (Å²) >= 11 is 1.67. The van der Waals surface area contributed by atoms with E-state index in [1.165, 1.54) is 6.20 Å². The van der Waals surface area contributed by atoms with Gasteiger partial charge in [0.2, 0.25) is 5.43 Å². The highest BCUT2D eigenvalue weighted by molar-refractivity contribution is 14.1. The molecule has 1 aromatic rings. The maximum atomic E-state index is 12.2. The molecule has 0 aromatic carbocycles. The summed E-state index contributed by atoms with van der Waals surface area (Å²) in [5.74, 6) is -0.268. The van der Waals surface area contributed by atoms with Crippen LogP contribution in [0.2, 0.25) is 0 Å². The van der Waals surface area contributed by atoms with E-state index in [0.29, 0.717) is 0 Å². The Bertz CT molecular complexity index is 350. The molecule has 3 nitrogen and oxygen atoms in total. The first-order chi connectivity index (χ1) is 5.54. The van der Waals surface area contributed by atoms with Crippen molar-refractivity contribution in [3.63, 3.8) is 0 Å². The molecule has 0 spiro atoms. The molecular weight excluding hydrogens is 281 g/mol. The zero-order valence-corrected chi connectivity index (χ0v) is 7.93. The molecule has 0 radical (unpaired) electrons. The monoisotopic (exact) mass is 286 g/mol. The van der Waals surface area contributed by atoms with Crippen LogP contribution in [-0.2, 0) is 0 Å². The van der Waals surface area contributed by atoms with Crippen molar-refractivity contribution >= 4 is 28.4 Å². The van der Waals surface area contributed by atoms with Crippen LogP contribution in [0.1, 0.15) is 12.0 Å². The number of H-pyrrole nitrogens is 1. The minimum absolute atomic E-state index is 0.206. The van der Waals surface area contributed by atoms with Crippen LogP contribution in [0.3, 0.4) is 0 Å². The number of rotatable bonds is 1. The van der Waals surface area contributed by atoms with Gasteiger partial charge in [0.15, 0.2) is 0 Å². The second-order valence-electron chi connectivity index (χ2n) is 2.09. The number of nitrogens with two attached hydrogens (primary N) is 1. The molecule has 3 N–H and O–H groups in total. The van der Waals surface area contributed by atoms with Crippen molar-refractivity contribution in [2.75, 3.05) is 5.73 Å². The van der Waals surface area contributed by atoms with Gasteiger partial charge in [0.05, 0.1) is 3.57 Å². The van der Waals surface area contributed by atoms with Gasteiger partial charge in [-0.15, -0.1) is 0 Å². The fourth-order valence-corrected chi connectivity index (χ4v) is 1.20. The Morgan fingerprint density at radius 1 is 1.58 bits per heavy atom. The van der Waals surface area contributed by atoms with Gasteiger partial charge in [0.25, 0.3) is 6.43 Å². The van der Waals surface area contributed by atoms with Crippen LogP contribution in [0.15, 0.2) is 11.0 Å². The van der Waals surface area contributed by atoms with Gasteiger partial charge in [-0.3, -0.25) is 4.79 Å². The second kappa shape index (κ2) is 3.38. The van der Waals surface area contributed by atoms with E-state index < -0.39 is 17.4 Å². The Balaban J connectivity index is 3.44. The van der Waals surface area contributed by atoms with Gasteiger partial charge in [-0.1, -0.05) is 0 Å². The van der Waals surface area contributed by atoms with Crippen LogP contribution in [0.5, 0.6) is 0 Å². The highest BCUT2D eigenvalue weighted by atomic mass is 127. The number of nitrogen functional groups attached to an aromatic ring is 1. The lowest BCUT2D eigenvalue weighted by atomic mass is 10.2. The molecular formula is C6H5F2IN2O. The van der Waals surface area contributed by atoms with E-state index in [0.717, 1.165) is 0 Å². The van der Waals surface area contributed by atoms with Crippen molar-refractivity contribution in [2.45, 2.75) is 6.43 Å². The fourth-order valence-electron chi connectivity index (χ4n) is 0.752. The molecule has 0 unspecified atom stereocenters. The average molecular weight is 286 g/mol. The molecule has 0 amide bonds. The van der Waals surface area contributed by atoms with E-state index in [1.807, 2.05) is 0 Å². The number of aromatic nitrogens is 1. The smallest absolute Gasteiger partial charge is 0.271 e. The van der Waals surface area contributed by atoms with Crippen LogP contribution in [0.25, 0.3) is 0 Å². The molecule has 66 valence electrons. The highest BCUT2D eigenvalue weighted by Gasteiger charge is 2.17. The van der Waals surface area contributed by atoms with Gasteiger partial charge < -0.3 is 10.7 Å². The van der Waals surface area contributed by atoms with Crippen LogP contribution < -0.4 is 11.2 Å². The molecule has 12 heavy (non-hydrogen) atoms. The third-order valence-electron chi connectivity index (χ3n) is 1.32. The molecule has 0 fully saturated rings. The maximum Gasteiger partial charge on any atom is 0.271 e. The first-order valence-corrected chi connectivity index (χ1v) is 4.06. The zero-order chi connectivity index (χ0) is 9.30. The van der Waals surface area contributed by atoms with Gasteiger partial charge in [0, 0.05) is 6.20 Å². The molecule has 0 saturated carbocycles. The molecule has 1 aromatic heterocycles. The first kappa shape index (κ1) is 9.43. The Labute approximate surface area is 80.1 Å². The summed E-state index contributed by atoms with van der Waals surface area (Å²) in [6, 6.07) is 0. The summed E-state index contributed by atoms with van der Waals surface area (Å²) in [7, 11) is 0. The van der Waals surface area contributed by atoms with Gasteiger partial charge in [0.1, 0.15) is 11.4 Å². The lowest BCUT2D eigenvalue weighted by Gasteiger charge is -2.02. The maximum absolute atomic E-state index is 12.2. The number of pyridine rings is 1. The van der Waals surface area contributed by atoms with Crippen molar-refractivity contribution in [3.8, 4) is 0 Å². The predicted molar refractivity (Wildman–Crippen MR) is 49.1 cm³/mol. The minimum Gasteiger partial charge on any atom is -0.385 e. The molecule has 0 saturated heterocycles.